The smallest absolute Gasteiger partial charge is 0.306 e. The molecule has 0 unspecified atom stereocenters. The number of carboxylic acids is 1. The molecule has 0 aliphatic carbocycles. The lowest BCUT2D eigenvalue weighted by Crippen LogP contribution is -2.46. The number of hydrogen-bond donors (Lipinski definition) is 1. The zero-order chi connectivity index (χ0) is 14.0. The monoisotopic (exact) mass is 283 g/mol. The number of ether oxygens (including phenoxy) is 1. The first-order chi connectivity index (χ1) is 8.97. The fourth-order valence-corrected chi connectivity index (χ4v) is 3.15. The van der Waals surface area contributed by atoms with E-state index in [0.717, 1.165) is 15.3 Å². The molecule has 1 aliphatic heterocycles. The maximum atomic E-state index is 12.4. The molecule has 0 saturated carbocycles. The van der Waals surface area contributed by atoms with Crippen molar-refractivity contribution in [1.29, 1.82) is 0 Å². The van der Waals surface area contributed by atoms with Crippen LogP contribution in [-0.2, 0) is 9.53 Å². The van der Waals surface area contributed by atoms with Crippen molar-refractivity contribution >= 4 is 23.2 Å². The first kappa shape index (κ1) is 14.0. The van der Waals surface area contributed by atoms with Crippen LogP contribution in [0.2, 0.25) is 0 Å². The number of carboxylic acid groups (broad SMARTS) is 1. The van der Waals surface area contributed by atoms with E-state index < -0.39 is 12.1 Å². The molecule has 1 aromatic rings. The molecular formula is C13H17NO4S. The second kappa shape index (κ2) is 5.71. The highest BCUT2D eigenvalue weighted by Crippen LogP contribution is 2.23. The minimum absolute atomic E-state index is 0.0273. The average Bonchev–Trinajstić information content (AvgIpc) is 2.67. The number of rotatable bonds is 3. The number of aliphatic carboxylic acids is 1. The predicted molar refractivity (Wildman–Crippen MR) is 71.7 cm³/mol. The number of nitrogens with zero attached hydrogens (tertiary/aromatic N) is 1. The van der Waals surface area contributed by atoms with Crippen LogP contribution in [-0.4, -0.2) is 47.7 Å². The van der Waals surface area contributed by atoms with Gasteiger partial charge in [0.2, 0.25) is 0 Å². The standard InChI is InChI=1S/C13H17NO4S/c1-8-5-11(9(2)19-8)13(17)14-3-4-18-10(7-14)6-12(15)16/h5,10H,3-4,6-7H2,1-2H3,(H,15,16)/t10-/m0/s1. The van der Waals surface area contributed by atoms with E-state index in [1.807, 2.05) is 19.9 Å². The number of thiophene rings is 1. The number of morpholine rings is 1. The van der Waals surface area contributed by atoms with E-state index in [1.165, 1.54) is 0 Å². The lowest BCUT2D eigenvalue weighted by Gasteiger charge is -2.32. The molecule has 0 bridgehead atoms. The minimum Gasteiger partial charge on any atom is -0.481 e. The van der Waals surface area contributed by atoms with Crippen LogP contribution < -0.4 is 0 Å². The third kappa shape index (κ3) is 3.33. The molecule has 0 aromatic carbocycles. The summed E-state index contributed by atoms with van der Waals surface area (Å²) in [6.45, 7) is 5.16. The Morgan fingerprint density at radius 3 is 2.84 bits per heavy atom. The van der Waals surface area contributed by atoms with Gasteiger partial charge in [0.15, 0.2) is 0 Å². The molecule has 1 fully saturated rings. The largest absolute Gasteiger partial charge is 0.481 e. The van der Waals surface area contributed by atoms with Crippen LogP contribution in [0.1, 0.15) is 26.5 Å². The van der Waals surface area contributed by atoms with E-state index in [-0.39, 0.29) is 12.3 Å². The predicted octanol–water partition coefficient (Wildman–Crippen LogP) is 1.68. The zero-order valence-electron chi connectivity index (χ0n) is 11.0. The number of carbonyl (C=O) groups excluding carboxylic acids is 1. The van der Waals surface area contributed by atoms with Gasteiger partial charge in [-0.1, -0.05) is 0 Å². The third-order valence-corrected chi connectivity index (χ3v) is 4.07. The van der Waals surface area contributed by atoms with Crippen molar-refractivity contribution < 1.29 is 19.4 Å². The molecule has 19 heavy (non-hydrogen) atoms. The van der Waals surface area contributed by atoms with Crippen LogP contribution in [0.4, 0.5) is 0 Å². The molecule has 1 N–H and O–H groups in total. The molecule has 6 heteroatoms. The van der Waals surface area contributed by atoms with Gasteiger partial charge in [0.1, 0.15) is 0 Å². The van der Waals surface area contributed by atoms with Crippen LogP contribution in [0.3, 0.4) is 0 Å². The molecule has 1 saturated heterocycles. The van der Waals surface area contributed by atoms with Crippen LogP contribution >= 0.6 is 11.3 Å². The van der Waals surface area contributed by atoms with Crippen LogP contribution in [0.25, 0.3) is 0 Å². The van der Waals surface area contributed by atoms with E-state index in [4.69, 9.17) is 9.84 Å². The van der Waals surface area contributed by atoms with Crippen LogP contribution in [0.5, 0.6) is 0 Å². The van der Waals surface area contributed by atoms with Crippen molar-refractivity contribution in [3.63, 3.8) is 0 Å². The van der Waals surface area contributed by atoms with Gasteiger partial charge in [0.05, 0.1) is 24.7 Å². The van der Waals surface area contributed by atoms with Gasteiger partial charge in [0, 0.05) is 22.8 Å². The summed E-state index contributed by atoms with van der Waals surface area (Å²) in [5, 5.41) is 8.77. The van der Waals surface area contributed by atoms with Gasteiger partial charge < -0.3 is 14.7 Å². The molecule has 5 nitrogen and oxygen atoms in total. The van der Waals surface area contributed by atoms with E-state index in [2.05, 4.69) is 0 Å². The average molecular weight is 283 g/mol. The van der Waals surface area contributed by atoms with E-state index in [1.54, 1.807) is 16.2 Å². The maximum Gasteiger partial charge on any atom is 0.306 e. The van der Waals surface area contributed by atoms with Gasteiger partial charge in [-0.3, -0.25) is 9.59 Å². The molecule has 0 spiro atoms. The third-order valence-electron chi connectivity index (χ3n) is 3.10. The molecular weight excluding hydrogens is 266 g/mol. The Balaban J connectivity index is 2.07. The van der Waals surface area contributed by atoms with Gasteiger partial charge in [-0.2, -0.15) is 0 Å². The van der Waals surface area contributed by atoms with Gasteiger partial charge in [-0.15, -0.1) is 11.3 Å². The first-order valence-electron chi connectivity index (χ1n) is 6.17. The summed E-state index contributed by atoms with van der Waals surface area (Å²) in [6, 6.07) is 1.89. The zero-order valence-corrected chi connectivity index (χ0v) is 11.8. The molecule has 1 aromatic heterocycles. The fourth-order valence-electron chi connectivity index (χ4n) is 2.24. The van der Waals surface area contributed by atoms with Gasteiger partial charge in [0.25, 0.3) is 5.91 Å². The van der Waals surface area contributed by atoms with E-state index in [0.29, 0.717) is 19.7 Å². The van der Waals surface area contributed by atoms with Gasteiger partial charge in [-0.05, 0) is 19.9 Å². The topological polar surface area (TPSA) is 66.8 Å². The minimum atomic E-state index is -0.901. The highest BCUT2D eigenvalue weighted by molar-refractivity contribution is 7.12. The second-order valence-electron chi connectivity index (χ2n) is 4.67. The SMILES string of the molecule is Cc1cc(C(=O)N2CCO[C@@H](CC(=O)O)C2)c(C)s1. The molecule has 1 atom stereocenters. The molecule has 1 amide bonds. The molecule has 2 rings (SSSR count). The number of hydrogen-bond acceptors (Lipinski definition) is 4. The Labute approximate surface area is 115 Å². The summed E-state index contributed by atoms with van der Waals surface area (Å²) >= 11 is 1.60. The van der Waals surface area contributed by atoms with Crippen molar-refractivity contribution in [2.75, 3.05) is 19.7 Å². The number of aryl methyl sites for hydroxylation is 2. The molecule has 104 valence electrons. The number of amides is 1. The van der Waals surface area contributed by atoms with Crippen molar-refractivity contribution in [3.05, 3.63) is 21.4 Å². The molecule has 1 aliphatic rings. The first-order valence-corrected chi connectivity index (χ1v) is 6.98. The maximum absolute atomic E-state index is 12.4. The summed E-state index contributed by atoms with van der Waals surface area (Å²) in [5.41, 5.74) is 0.721. The van der Waals surface area contributed by atoms with Crippen LogP contribution in [0, 0.1) is 13.8 Å². The summed E-state index contributed by atoms with van der Waals surface area (Å²) in [7, 11) is 0. The van der Waals surface area contributed by atoms with E-state index in [9.17, 15) is 9.59 Å². The van der Waals surface area contributed by atoms with Crippen LogP contribution in [0.15, 0.2) is 6.07 Å². The Bertz CT molecular complexity index is 497. The Hall–Kier alpha value is -1.40. The highest BCUT2D eigenvalue weighted by atomic mass is 32.1. The van der Waals surface area contributed by atoms with Crippen molar-refractivity contribution in [2.24, 2.45) is 0 Å². The van der Waals surface area contributed by atoms with Gasteiger partial charge >= 0.3 is 5.97 Å². The lowest BCUT2D eigenvalue weighted by molar-refractivity contribution is -0.141. The van der Waals surface area contributed by atoms with Crippen molar-refractivity contribution in [3.8, 4) is 0 Å². The summed E-state index contributed by atoms with van der Waals surface area (Å²) in [5.74, 6) is -0.928. The normalized spacial score (nSPS) is 19.5. The highest BCUT2D eigenvalue weighted by Gasteiger charge is 2.27. The van der Waals surface area contributed by atoms with E-state index >= 15 is 0 Å². The molecule has 0 radical (unpaired) electrons. The molecule has 2 heterocycles. The lowest BCUT2D eigenvalue weighted by atomic mass is 10.1. The summed E-state index contributed by atoms with van der Waals surface area (Å²) in [6.07, 6.45) is -0.471. The summed E-state index contributed by atoms with van der Waals surface area (Å²) in [4.78, 5) is 26.9. The van der Waals surface area contributed by atoms with Crippen molar-refractivity contribution in [2.45, 2.75) is 26.4 Å². The quantitative estimate of drug-likeness (QED) is 0.916. The Morgan fingerprint density at radius 1 is 1.53 bits per heavy atom. The second-order valence-corrected chi connectivity index (χ2v) is 6.13. The van der Waals surface area contributed by atoms with Crippen molar-refractivity contribution in [1.82, 2.24) is 4.90 Å². The fraction of sp³-hybridized carbons (Fsp3) is 0.538. The number of carbonyl (C=O) groups is 2. The summed E-state index contributed by atoms with van der Waals surface area (Å²) < 4.78 is 5.37. The Morgan fingerprint density at radius 2 is 2.26 bits per heavy atom. The van der Waals surface area contributed by atoms with Gasteiger partial charge in [-0.25, -0.2) is 0 Å². The Kier molecular flexibility index (Phi) is 4.21.